The molecule has 2 saturated heterocycles. The number of rotatable bonds is 6. The lowest BCUT2D eigenvalue weighted by atomic mass is 10.2. The highest BCUT2D eigenvalue weighted by molar-refractivity contribution is 5.66. The quantitative estimate of drug-likeness (QED) is 0.698. The van der Waals surface area contributed by atoms with Gasteiger partial charge in [0, 0.05) is 72.0 Å². The molecule has 0 aromatic rings. The minimum atomic E-state index is -0.692. The maximum atomic E-state index is 10.6. The first-order valence-electron chi connectivity index (χ1n) is 7.71. The van der Waals surface area contributed by atoms with E-state index in [0.717, 1.165) is 32.7 Å². The van der Waals surface area contributed by atoms with E-state index in [2.05, 4.69) is 26.6 Å². The fraction of sp³-hybridized carbons (Fsp3) is 0.929. The first-order valence-corrected chi connectivity index (χ1v) is 7.71. The second-order valence-corrected chi connectivity index (χ2v) is 5.97. The lowest BCUT2D eigenvalue weighted by Gasteiger charge is -2.37. The van der Waals surface area contributed by atoms with Crippen molar-refractivity contribution < 1.29 is 9.90 Å². The van der Waals surface area contributed by atoms with Crippen LogP contribution in [0.1, 0.15) is 6.42 Å². The van der Waals surface area contributed by atoms with Crippen molar-refractivity contribution in [3.05, 3.63) is 0 Å². The van der Waals surface area contributed by atoms with Gasteiger partial charge >= 0.3 is 5.97 Å². The molecule has 0 atom stereocenters. The highest BCUT2D eigenvalue weighted by Gasteiger charge is 2.19. The van der Waals surface area contributed by atoms with Crippen LogP contribution in [0.15, 0.2) is 0 Å². The van der Waals surface area contributed by atoms with E-state index in [4.69, 9.17) is 5.11 Å². The summed E-state index contributed by atoms with van der Waals surface area (Å²) in [5.41, 5.74) is 0. The van der Waals surface area contributed by atoms with E-state index in [1.165, 1.54) is 32.7 Å². The summed E-state index contributed by atoms with van der Waals surface area (Å²) >= 11 is 0. The Morgan fingerprint density at radius 3 is 1.65 bits per heavy atom. The van der Waals surface area contributed by atoms with E-state index >= 15 is 0 Å². The van der Waals surface area contributed by atoms with Gasteiger partial charge in [-0.1, -0.05) is 0 Å². The highest BCUT2D eigenvalue weighted by atomic mass is 16.4. The Labute approximate surface area is 121 Å². The third kappa shape index (κ3) is 5.36. The van der Waals surface area contributed by atoms with Crippen molar-refractivity contribution in [2.75, 3.05) is 79.0 Å². The van der Waals surface area contributed by atoms with Crippen LogP contribution in [-0.2, 0) is 4.79 Å². The molecule has 20 heavy (non-hydrogen) atoms. The zero-order valence-electron chi connectivity index (χ0n) is 12.6. The molecule has 2 rings (SSSR count). The van der Waals surface area contributed by atoms with Gasteiger partial charge < -0.3 is 14.9 Å². The first kappa shape index (κ1) is 15.7. The van der Waals surface area contributed by atoms with E-state index in [1.807, 2.05) is 0 Å². The monoisotopic (exact) mass is 284 g/mol. The van der Waals surface area contributed by atoms with Crippen LogP contribution in [0.3, 0.4) is 0 Å². The summed E-state index contributed by atoms with van der Waals surface area (Å²) in [6.07, 6.45) is 0.265. The van der Waals surface area contributed by atoms with Gasteiger partial charge in [0.2, 0.25) is 0 Å². The molecule has 0 aromatic carbocycles. The second-order valence-electron chi connectivity index (χ2n) is 5.97. The molecule has 2 aliphatic rings. The molecule has 0 aromatic heterocycles. The van der Waals surface area contributed by atoms with Gasteiger partial charge in [-0.2, -0.15) is 0 Å². The van der Waals surface area contributed by atoms with Crippen molar-refractivity contribution in [3.8, 4) is 0 Å². The van der Waals surface area contributed by atoms with Crippen molar-refractivity contribution >= 4 is 5.97 Å². The number of hydrogen-bond acceptors (Lipinski definition) is 5. The molecule has 2 heterocycles. The number of piperazine rings is 2. The van der Waals surface area contributed by atoms with Gasteiger partial charge in [0.05, 0.1) is 6.42 Å². The van der Waals surface area contributed by atoms with Crippen molar-refractivity contribution in [2.45, 2.75) is 6.42 Å². The zero-order chi connectivity index (χ0) is 14.4. The van der Waals surface area contributed by atoms with Crippen LogP contribution < -0.4 is 0 Å². The highest BCUT2D eigenvalue weighted by Crippen LogP contribution is 2.04. The topological polar surface area (TPSA) is 50.3 Å². The van der Waals surface area contributed by atoms with E-state index in [-0.39, 0.29) is 6.42 Å². The van der Waals surface area contributed by atoms with Crippen molar-refractivity contribution in [3.63, 3.8) is 0 Å². The van der Waals surface area contributed by atoms with Crippen molar-refractivity contribution in [1.29, 1.82) is 0 Å². The fourth-order valence-corrected chi connectivity index (χ4v) is 2.84. The lowest BCUT2D eigenvalue weighted by Crippen LogP contribution is -2.51. The number of aliphatic carboxylic acids is 1. The maximum Gasteiger partial charge on any atom is 0.304 e. The normalized spacial score (nSPS) is 24.1. The number of likely N-dealkylation sites (N-methyl/N-ethyl adjacent to an activating group) is 1. The van der Waals surface area contributed by atoms with E-state index in [9.17, 15) is 4.79 Å². The summed E-state index contributed by atoms with van der Waals surface area (Å²) in [5.74, 6) is -0.692. The lowest BCUT2D eigenvalue weighted by molar-refractivity contribution is -0.137. The summed E-state index contributed by atoms with van der Waals surface area (Å²) in [6, 6.07) is 0. The molecular formula is C14H28N4O2. The Bertz CT molecular complexity index is 298. The minimum Gasteiger partial charge on any atom is -0.481 e. The predicted molar refractivity (Wildman–Crippen MR) is 79.1 cm³/mol. The second kappa shape index (κ2) is 7.93. The molecule has 0 radical (unpaired) electrons. The largest absolute Gasteiger partial charge is 0.481 e. The number of carboxylic acid groups (broad SMARTS) is 1. The van der Waals surface area contributed by atoms with Crippen molar-refractivity contribution in [1.82, 2.24) is 19.6 Å². The third-order valence-electron chi connectivity index (χ3n) is 4.44. The molecule has 1 N–H and O–H groups in total. The molecule has 2 aliphatic heterocycles. The van der Waals surface area contributed by atoms with Crippen LogP contribution in [0.2, 0.25) is 0 Å². The van der Waals surface area contributed by atoms with Gasteiger partial charge in [-0.3, -0.25) is 14.6 Å². The smallest absolute Gasteiger partial charge is 0.304 e. The number of carbonyl (C=O) groups is 1. The molecule has 0 spiro atoms. The van der Waals surface area contributed by atoms with Crippen LogP contribution in [-0.4, -0.2) is 110 Å². The molecule has 0 unspecified atom stereocenters. The summed E-state index contributed by atoms with van der Waals surface area (Å²) in [7, 11) is 2.19. The van der Waals surface area contributed by atoms with Gasteiger partial charge in [0.1, 0.15) is 0 Å². The van der Waals surface area contributed by atoms with Crippen LogP contribution in [0.25, 0.3) is 0 Å². The molecule has 2 fully saturated rings. The average Bonchev–Trinajstić information content (AvgIpc) is 2.45. The van der Waals surface area contributed by atoms with Gasteiger partial charge in [0.15, 0.2) is 0 Å². The standard InChI is InChI=1S/C14H28N4O2/c1-15-4-6-17(7-5-15)12-13-18-10-8-16(9-11-18)3-2-14(19)20/h2-13H2,1H3,(H,19,20). The molecular weight excluding hydrogens is 256 g/mol. The minimum absolute atomic E-state index is 0.265. The van der Waals surface area contributed by atoms with E-state index in [0.29, 0.717) is 6.54 Å². The van der Waals surface area contributed by atoms with Crippen LogP contribution in [0.4, 0.5) is 0 Å². The number of hydrogen-bond donors (Lipinski definition) is 1. The van der Waals surface area contributed by atoms with Gasteiger partial charge in [0.25, 0.3) is 0 Å². The van der Waals surface area contributed by atoms with E-state index in [1.54, 1.807) is 0 Å². The van der Waals surface area contributed by atoms with Crippen LogP contribution in [0, 0.1) is 0 Å². The Morgan fingerprint density at radius 1 is 0.800 bits per heavy atom. The maximum absolute atomic E-state index is 10.6. The fourth-order valence-electron chi connectivity index (χ4n) is 2.84. The first-order chi connectivity index (χ1) is 9.63. The summed E-state index contributed by atoms with van der Waals surface area (Å²) in [5, 5.41) is 8.70. The van der Waals surface area contributed by atoms with Crippen LogP contribution >= 0.6 is 0 Å². The summed E-state index contributed by atoms with van der Waals surface area (Å²) in [4.78, 5) is 20.3. The van der Waals surface area contributed by atoms with Gasteiger partial charge in [-0.25, -0.2) is 0 Å². The zero-order valence-corrected chi connectivity index (χ0v) is 12.6. The van der Waals surface area contributed by atoms with Gasteiger partial charge in [-0.15, -0.1) is 0 Å². The Balaban J connectivity index is 1.56. The molecule has 116 valence electrons. The molecule has 0 amide bonds. The van der Waals surface area contributed by atoms with Crippen molar-refractivity contribution in [2.24, 2.45) is 0 Å². The average molecular weight is 284 g/mol. The predicted octanol–water partition coefficient (Wildman–Crippen LogP) is -0.674. The van der Waals surface area contributed by atoms with Gasteiger partial charge in [-0.05, 0) is 7.05 Å². The number of carboxylic acids is 1. The molecule has 0 saturated carbocycles. The Hall–Kier alpha value is -0.690. The molecule has 0 aliphatic carbocycles. The Kier molecular flexibility index (Phi) is 6.22. The third-order valence-corrected chi connectivity index (χ3v) is 4.44. The summed E-state index contributed by atoms with van der Waals surface area (Å²) in [6.45, 7) is 11.9. The van der Waals surface area contributed by atoms with Crippen LogP contribution in [0.5, 0.6) is 0 Å². The molecule has 6 nitrogen and oxygen atoms in total. The molecule has 6 heteroatoms. The SMILES string of the molecule is CN1CCN(CCN2CCN(CCC(=O)O)CC2)CC1. The summed E-state index contributed by atoms with van der Waals surface area (Å²) < 4.78 is 0. The van der Waals surface area contributed by atoms with E-state index < -0.39 is 5.97 Å². The Morgan fingerprint density at radius 2 is 1.20 bits per heavy atom. The number of nitrogens with zero attached hydrogens (tertiary/aromatic N) is 4. The molecule has 0 bridgehead atoms.